The number of hydrogen-bond donors (Lipinski definition) is 1. The normalized spacial score (nSPS) is 30.4. The lowest BCUT2D eigenvalue weighted by Gasteiger charge is -2.26. The second-order valence-corrected chi connectivity index (χ2v) is 8.43. The van der Waals surface area contributed by atoms with Gasteiger partial charge in [0.05, 0.1) is 5.75 Å². The number of fused-ring (bicyclic) bond motifs is 2. The first-order valence-electron chi connectivity index (χ1n) is 7.67. The van der Waals surface area contributed by atoms with Crippen LogP contribution in [-0.2, 0) is 10.0 Å². The van der Waals surface area contributed by atoms with Crippen LogP contribution in [0.2, 0.25) is 0 Å². The van der Waals surface area contributed by atoms with Crippen molar-refractivity contribution in [1.29, 1.82) is 0 Å². The number of nitrogens with zero attached hydrogens (tertiary/aromatic N) is 1. The summed E-state index contributed by atoms with van der Waals surface area (Å²) in [5.41, 5.74) is 0. The molecule has 0 heterocycles. The molecule has 0 spiro atoms. The summed E-state index contributed by atoms with van der Waals surface area (Å²) in [5.74, 6) is 2.58. The Kier molecular flexibility index (Phi) is 5.26. The molecule has 2 fully saturated rings. The van der Waals surface area contributed by atoms with Crippen LogP contribution in [0.3, 0.4) is 0 Å². The average Bonchev–Trinajstić information content (AvgIpc) is 2.96. The molecule has 2 aliphatic carbocycles. The average molecular weight is 288 g/mol. The molecule has 0 aromatic heterocycles. The van der Waals surface area contributed by atoms with Crippen molar-refractivity contribution >= 4 is 10.0 Å². The SMILES string of the molecule is CCNCCCS(=O)(=O)N(C)CC1CC2CCC1C2. The highest BCUT2D eigenvalue weighted by Gasteiger charge is 2.40. The van der Waals surface area contributed by atoms with Gasteiger partial charge in [-0.25, -0.2) is 12.7 Å². The van der Waals surface area contributed by atoms with Crippen molar-refractivity contribution in [2.75, 3.05) is 32.4 Å². The topological polar surface area (TPSA) is 49.4 Å². The molecule has 2 rings (SSSR count). The van der Waals surface area contributed by atoms with Gasteiger partial charge in [-0.15, -0.1) is 0 Å². The number of nitrogens with one attached hydrogen (secondary N) is 1. The minimum atomic E-state index is -3.05. The fraction of sp³-hybridized carbons (Fsp3) is 1.00. The van der Waals surface area contributed by atoms with Crippen molar-refractivity contribution < 1.29 is 8.42 Å². The first kappa shape index (κ1) is 15.3. The predicted octanol–water partition coefficient (Wildman–Crippen LogP) is 1.68. The van der Waals surface area contributed by atoms with Crippen LogP contribution in [0.5, 0.6) is 0 Å². The maximum Gasteiger partial charge on any atom is 0.213 e. The predicted molar refractivity (Wildman–Crippen MR) is 78.5 cm³/mol. The van der Waals surface area contributed by atoms with Gasteiger partial charge in [-0.2, -0.15) is 0 Å². The van der Waals surface area contributed by atoms with Gasteiger partial charge >= 0.3 is 0 Å². The van der Waals surface area contributed by atoms with Crippen LogP contribution in [0.1, 0.15) is 39.0 Å². The molecule has 2 bridgehead atoms. The Morgan fingerprint density at radius 2 is 2.05 bits per heavy atom. The lowest BCUT2D eigenvalue weighted by molar-refractivity contribution is 0.280. The third-order valence-corrected chi connectivity index (χ3v) is 6.76. The second kappa shape index (κ2) is 6.55. The Morgan fingerprint density at radius 1 is 1.26 bits per heavy atom. The molecule has 3 unspecified atom stereocenters. The lowest BCUT2D eigenvalue weighted by atomic mass is 9.89. The van der Waals surface area contributed by atoms with Crippen LogP contribution in [-0.4, -0.2) is 45.2 Å². The summed E-state index contributed by atoms with van der Waals surface area (Å²) < 4.78 is 26.0. The van der Waals surface area contributed by atoms with Gasteiger partial charge < -0.3 is 5.32 Å². The van der Waals surface area contributed by atoms with E-state index < -0.39 is 10.0 Å². The lowest BCUT2D eigenvalue weighted by Crippen LogP contribution is -2.35. The van der Waals surface area contributed by atoms with Crippen LogP contribution < -0.4 is 5.32 Å². The smallest absolute Gasteiger partial charge is 0.213 e. The number of hydrogen-bond acceptors (Lipinski definition) is 3. The molecule has 2 saturated carbocycles. The van der Waals surface area contributed by atoms with Crippen molar-refractivity contribution in [3.05, 3.63) is 0 Å². The maximum absolute atomic E-state index is 12.2. The Balaban J connectivity index is 1.76. The van der Waals surface area contributed by atoms with Crippen LogP contribution in [0, 0.1) is 17.8 Å². The molecule has 0 radical (unpaired) electrons. The van der Waals surface area contributed by atoms with E-state index in [1.807, 2.05) is 6.92 Å². The Morgan fingerprint density at radius 3 is 2.63 bits per heavy atom. The zero-order valence-electron chi connectivity index (χ0n) is 12.3. The third kappa shape index (κ3) is 3.92. The highest BCUT2D eigenvalue weighted by Crippen LogP contribution is 2.48. The van der Waals surface area contributed by atoms with Gasteiger partial charge in [0, 0.05) is 13.6 Å². The van der Waals surface area contributed by atoms with Crippen LogP contribution in [0.25, 0.3) is 0 Å². The molecule has 3 atom stereocenters. The Labute approximate surface area is 118 Å². The molecule has 0 aliphatic heterocycles. The molecule has 1 N–H and O–H groups in total. The van der Waals surface area contributed by atoms with E-state index in [1.54, 1.807) is 11.4 Å². The standard InChI is InChI=1S/C14H28N2O2S/c1-3-15-7-4-8-19(17,18)16(2)11-14-10-12-5-6-13(14)9-12/h12-15H,3-11H2,1-2H3. The fourth-order valence-corrected chi connectivity index (χ4v) is 5.00. The van der Waals surface area contributed by atoms with Gasteiger partial charge in [0.1, 0.15) is 0 Å². The van der Waals surface area contributed by atoms with Crippen molar-refractivity contribution in [2.45, 2.75) is 39.0 Å². The number of sulfonamides is 1. The molecule has 0 amide bonds. The van der Waals surface area contributed by atoms with Crippen LogP contribution in [0.4, 0.5) is 0 Å². The summed E-state index contributed by atoms with van der Waals surface area (Å²) in [4.78, 5) is 0. The molecule has 0 saturated heterocycles. The minimum absolute atomic E-state index is 0.275. The van der Waals surface area contributed by atoms with Gasteiger partial charge in [-0.3, -0.25) is 0 Å². The molecule has 5 heteroatoms. The first-order valence-corrected chi connectivity index (χ1v) is 9.28. The van der Waals surface area contributed by atoms with Gasteiger partial charge in [-0.05, 0) is 56.5 Å². The summed E-state index contributed by atoms with van der Waals surface area (Å²) in [6.45, 7) is 4.47. The van der Waals surface area contributed by atoms with Gasteiger partial charge in [0.25, 0.3) is 0 Å². The van der Waals surface area contributed by atoms with Crippen molar-refractivity contribution in [3.63, 3.8) is 0 Å². The number of rotatable bonds is 8. The summed E-state index contributed by atoms with van der Waals surface area (Å²) in [5, 5.41) is 3.17. The van der Waals surface area contributed by atoms with Gasteiger partial charge in [0.15, 0.2) is 0 Å². The van der Waals surface area contributed by atoms with E-state index in [4.69, 9.17) is 0 Å². The highest BCUT2D eigenvalue weighted by molar-refractivity contribution is 7.89. The highest BCUT2D eigenvalue weighted by atomic mass is 32.2. The van der Waals surface area contributed by atoms with Crippen molar-refractivity contribution in [3.8, 4) is 0 Å². The van der Waals surface area contributed by atoms with E-state index in [9.17, 15) is 8.42 Å². The molecule has 4 nitrogen and oxygen atoms in total. The Hall–Kier alpha value is -0.130. The molecule has 112 valence electrons. The quantitative estimate of drug-likeness (QED) is 0.691. The minimum Gasteiger partial charge on any atom is -0.317 e. The van der Waals surface area contributed by atoms with E-state index in [-0.39, 0.29) is 5.75 Å². The summed E-state index contributed by atoms with van der Waals surface area (Å²) >= 11 is 0. The van der Waals surface area contributed by atoms with Crippen molar-refractivity contribution in [1.82, 2.24) is 9.62 Å². The summed E-state index contributed by atoms with van der Waals surface area (Å²) in [6.07, 6.45) is 6.00. The zero-order chi connectivity index (χ0) is 13.9. The van der Waals surface area contributed by atoms with Crippen molar-refractivity contribution in [2.24, 2.45) is 17.8 Å². The largest absolute Gasteiger partial charge is 0.317 e. The van der Waals surface area contributed by atoms with E-state index in [1.165, 1.54) is 25.7 Å². The zero-order valence-corrected chi connectivity index (χ0v) is 13.1. The molecule has 19 heavy (non-hydrogen) atoms. The fourth-order valence-electron chi connectivity index (χ4n) is 3.76. The van der Waals surface area contributed by atoms with Crippen LogP contribution >= 0.6 is 0 Å². The molecule has 2 aliphatic rings. The molecule has 0 aromatic rings. The van der Waals surface area contributed by atoms with E-state index in [2.05, 4.69) is 5.32 Å². The Bertz CT molecular complexity index is 383. The maximum atomic E-state index is 12.2. The molecular formula is C14H28N2O2S. The monoisotopic (exact) mass is 288 g/mol. The van der Waals surface area contributed by atoms with Crippen LogP contribution in [0.15, 0.2) is 0 Å². The van der Waals surface area contributed by atoms with E-state index in [0.29, 0.717) is 12.3 Å². The third-order valence-electron chi connectivity index (χ3n) is 4.86. The van der Waals surface area contributed by atoms with E-state index >= 15 is 0 Å². The molecule has 0 aromatic carbocycles. The van der Waals surface area contributed by atoms with E-state index in [0.717, 1.165) is 31.5 Å². The van der Waals surface area contributed by atoms with Gasteiger partial charge in [0.2, 0.25) is 10.0 Å². The summed E-state index contributed by atoms with van der Waals surface area (Å²) in [6, 6.07) is 0. The first-order chi connectivity index (χ1) is 9.03. The summed E-state index contributed by atoms with van der Waals surface area (Å²) in [7, 11) is -1.29. The van der Waals surface area contributed by atoms with Gasteiger partial charge in [-0.1, -0.05) is 13.3 Å². The second-order valence-electron chi connectivity index (χ2n) is 6.24. The molecular weight excluding hydrogens is 260 g/mol.